The molecule has 0 unspecified atom stereocenters. The molecule has 0 fully saturated rings. The van der Waals surface area contributed by atoms with Crippen molar-refractivity contribution in [3.63, 3.8) is 0 Å². The van der Waals surface area contributed by atoms with Gasteiger partial charge in [0.05, 0.1) is 12.8 Å². The molecule has 0 radical (unpaired) electrons. The van der Waals surface area contributed by atoms with Crippen LogP contribution in [0.2, 0.25) is 0 Å². The quantitative estimate of drug-likeness (QED) is 0.948. The van der Waals surface area contributed by atoms with Gasteiger partial charge in [0, 0.05) is 22.6 Å². The highest BCUT2D eigenvalue weighted by Gasteiger charge is 2.16. The summed E-state index contributed by atoms with van der Waals surface area (Å²) in [5, 5.41) is 4.49. The van der Waals surface area contributed by atoms with Gasteiger partial charge in [-0.25, -0.2) is 0 Å². The minimum absolute atomic E-state index is 0.710. The molecule has 2 aromatic rings. The van der Waals surface area contributed by atoms with Gasteiger partial charge in [-0.1, -0.05) is 22.9 Å². The molecule has 0 aliphatic rings. The van der Waals surface area contributed by atoms with Crippen LogP contribution in [0.25, 0.3) is 11.3 Å². The summed E-state index contributed by atoms with van der Waals surface area (Å²) in [7, 11) is 3.51. The van der Waals surface area contributed by atoms with Crippen molar-refractivity contribution in [2.24, 2.45) is 7.05 Å². The van der Waals surface area contributed by atoms with Crippen LogP contribution < -0.4 is 10.5 Å². The van der Waals surface area contributed by atoms with Crippen molar-refractivity contribution in [2.45, 2.75) is 13.3 Å². The number of benzene rings is 1. The lowest BCUT2D eigenvalue weighted by molar-refractivity contribution is 0.415. The van der Waals surface area contributed by atoms with E-state index in [1.165, 1.54) is 0 Å². The maximum absolute atomic E-state index is 6.03. The largest absolute Gasteiger partial charge is 0.497 e. The summed E-state index contributed by atoms with van der Waals surface area (Å²) in [6.07, 6.45) is 0.846. The lowest BCUT2D eigenvalue weighted by atomic mass is 10.1. The monoisotopic (exact) mass is 309 g/mol. The van der Waals surface area contributed by atoms with Gasteiger partial charge in [0.15, 0.2) is 0 Å². The number of halogens is 1. The highest BCUT2D eigenvalue weighted by atomic mass is 79.9. The number of hydrogen-bond acceptors (Lipinski definition) is 3. The van der Waals surface area contributed by atoms with E-state index >= 15 is 0 Å². The first-order valence-electron chi connectivity index (χ1n) is 5.73. The van der Waals surface area contributed by atoms with Crippen LogP contribution in [0.5, 0.6) is 5.75 Å². The number of methoxy groups -OCH3 is 1. The molecule has 96 valence electrons. The summed E-state index contributed by atoms with van der Waals surface area (Å²) in [5.41, 5.74) is 8.99. The SMILES string of the molecule is CCc1c(-c2cc(OC)ccc2Br)nn(C)c1N. The molecule has 0 atom stereocenters. The average Bonchev–Trinajstić information content (AvgIpc) is 2.66. The lowest BCUT2D eigenvalue weighted by Crippen LogP contribution is -1.98. The Morgan fingerprint density at radius 1 is 1.44 bits per heavy atom. The predicted molar refractivity (Wildman–Crippen MR) is 76.7 cm³/mol. The van der Waals surface area contributed by atoms with E-state index in [2.05, 4.69) is 28.0 Å². The lowest BCUT2D eigenvalue weighted by Gasteiger charge is -2.06. The summed E-state index contributed by atoms with van der Waals surface area (Å²) < 4.78 is 7.95. The topological polar surface area (TPSA) is 53.1 Å². The highest BCUT2D eigenvalue weighted by Crippen LogP contribution is 2.34. The summed E-state index contributed by atoms with van der Waals surface area (Å²) in [5.74, 6) is 1.52. The Bertz CT molecular complexity index is 578. The highest BCUT2D eigenvalue weighted by molar-refractivity contribution is 9.10. The fraction of sp³-hybridized carbons (Fsp3) is 0.308. The maximum Gasteiger partial charge on any atom is 0.125 e. The van der Waals surface area contributed by atoms with Crippen molar-refractivity contribution >= 4 is 21.7 Å². The van der Waals surface area contributed by atoms with Crippen LogP contribution in [0.4, 0.5) is 5.82 Å². The first-order chi connectivity index (χ1) is 8.58. The van der Waals surface area contributed by atoms with Gasteiger partial charge in [-0.15, -0.1) is 0 Å². The number of aromatic nitrogens is 2. The van der Waals surface area contributed by atoms with E-state index < -0.39 is 0 Å². The van der Waals surface area contributed by atoms with Crippen LogP contribution in [-0.2, 0) is 13.5 Å². The molecule has 0 spiro atoms. The summed E-state index contributed by atoms with van der Waals surface area (Å²) in [4.78, 5) is 0. The summed E-state index contributed by atoms with van der Waals surface area (Å²) >= 11 is 3.55. The molecule has 1 heterocycles. The van der Waals surface area contributed by atoms with Crippen molar-refractivity contribution in [2.75, 3.05) is 12.8 Å². The molecule has 0 saturated heterocycles. The molecule has 0 amide bonds. The smallest absolute Gasteiger partial charge is 0.125 e. The van der Waals surface area contributed by atoms with E-state index in [0.29, 0.717) is 5.82 Å². The Balaban J connectivity index is 2.64. The Morgan fingerprint density at radius 3 is 2.78 bits per heavy atom. The van der Waals surface area contributed by atoms with E-state index in [1.807, 2.05) is 25.2 Å². The second-order valence-corrected chi connectivity index (χ2v) is 4.89. The van der Waals surface area contributed by atoms with Crippen LogP contribution in [0.3, 0.4) is 0 Å². The number of hydrogen-bond donors (Lipinski definition) is 1. The van der Waals surface area contributed by atoms with Crippen LogP contribution in [-0.4, -0.2) is 16.9 Å². The number of anilines is 1. The molecule has 1 aromatic heterocycles. The van der Waals surface area contributed by atoms with Gasteiger partial charge in [-0.05, 0) is 24.6 Å². The van der Waals surface area contributed by atoms with Crippen LogP contribution in [0.15, 0.2) is 22.7 Å². The van der Waals surface area contributed by atoms with Crippen molar-refractivity contribution in [3.05, 3.63) is 28.2 Å². The maximum atomic E-state index is 6.03. The third kappa shape index (κ3) is 2.10. The van der Waals surface area contributed by atoms with Gasteiger partial charge in [0.25, 0.3) is 0 Å². The average molecular weight is 310 g/mol. The molecule has 2 rings (SSSR count). The zero-order valence-electron chi connectivity index (χ0n) is 10.7. The Labute approximate surface area is 115 Å². The molecule has 0 aliphatic heterocycles. The van der Waals surface area contributed by atoms with E-state index in [4.69, 9.17) is 10.5 Å². The first-order valence-corrected chi connectivity index (χ1v) is 6.53. The fourth-order valence-corrected chi connectivity index (χ4v) is 2.39. The zero-order chi connectivity index (χ0) is 13.3. The Morgan fingerprint density at radius 2 is 2.17 bits per heavy atom. The van der Waals surface area contributed by atoms with Gasteiger partial charge < -0.3 is 10.5 Å². The molecule has 5 heteroatoms. The van der Waals surface area contributed by atoms with E-state index in [1.54, 1.807) is 11.8 Å². The Hall–Kier alpha value is -1.49. The Kier molecular flexibility index (Phi) is 3.61. The summed E-state index contributed by atoms with van der Waals surface area (Å²) in [6, 6.07) is 5.83. The normalized spacial score (nSPS) is 10.7. The number of aryl methyl sites for hydroxylation is 1. The van der Waals surface area contributed by atoms with Gasteiger partial charge in [-0.2, -0.15) is 5.10 Å². The molecule has 0 bridgehead atoms. The van der Waals surface area contributed by atoms with Gasteiger partial charge in [-0.3, -0.25) is 4.68 Å². The van der Waals surface area contributed by atoms with Crippen molar-refractivity contribution in [1.29, 1.82) is 0 Å². The fourth-order valence-electron chi connectivity index (χ4n) is 1.96. The first kappa shape index (κ1) is 13.0. The van der Waals surface area contributed by atoms with Gasteiger partial charge >= 0.3 is 0 Å². The molecule has 0 aliphatic carbocycles. The van der Waals surface area contributed by atoms with E-state index in [9.17, 15) is 0 Å². The van der Waals surface area contributed by atoms with E-state index in [-0.39, 0.29) is 0 Å². The van der Waals surface area contributed by atoms with Crippen molar-refractivity contribution in [1.82, 2.24) is 9.78 Å². The molecule has 0 saturated carbocycles. The van der Waals surface area contributed by atoms with E-state index in [0.717, 1.165) is 33.5 Å². The second kappa shape index (κ2) is 5.02. The third-order valence-electron chi connectivity index (χ3n) is 2.98. The van der Waals surface area contributed by atoms with Crippen LogP contribution in [0.1, 0.15) is 12.5 Å². The second-order valence-electron chi connectivity index (χ2n) is 4.04. The molecule has 4 nitrogen and oxygen atoms in total. The summed E-state index contributed by atoms with van der Waals surface area (Å²) in [6.45, 7) is 2.07. The number of nitrogens with two attached hydrogens (primary N) is 1. The third-order valence-corrected chi connectivity index (χ3v) is 3.67. The minimum Gasteiger partial charge on any atom is -0.497 e. The number of nitrogens with zero attached hydrogens (tertiary/aromatic N) is 2. The molecular weight excluding hydrogens is 294 g/mol. The minimum atomic E-state index is 0.710. The van der Waals surface area contributed by atoms with Crippen LogP contribution in [0, 0.1) is 0 Å². The number of rotatable bonds is 3. The number of nitrogen functional groups attached to an aromatic ring is 1. The van der Waals surface area contributed by atoms with Crippen molar-refractivity contribution in [3.8, 4) is 17.0 Å². The van der Waals surface area contributed by atoms with Crippen LogP contribution >= 0.6 is 15.9 Å². The van der Waals surface area contributed by atoms with Gasteiger partial charge in [0.2, 0.25) is 0 Å². The zero-order valence-corrected chi connectivity index (χ0v) is 12.3. The van der Waals surface area contributed by atoms with Gasteiger partial charge in [0.1, 0.15) is 11.6 Å². The molecule has 1 aromatic carbocycles. The molecule has 2 N–H and O–H groups in total. The van der Waals surface area contributed by atoms with Crippen molar-refractivity contribution < 1.29 is 4.74 Å². The molecule has 18 heavy (non-hydrogen) atoms. The predicted octanol–water partition coefficient (Wildman–Crippen LogP) is 3.00. The standard InChI is InChI=1S/C13H16BrN3O/c1-4-9-12(16-17(2)13(9)15)10-7-8(18-3)5-6-11(10)14/h5-7H,4,15H2,1-3H3. The molecular formula is C13H16BrN3O. The number of ether oxygens (including phenoxy) is 1.